The monoisotopic (exact) mass is 315 g/mol. The molecule has 1 rings (SSSR count). The van der Waals surface area contributed by atoms with E-state index in [0.717, 1.165) is 17.1 Å². The third-order valence-corrected chi connectivity index (χ3v) is 4.34. The van der Waals surface area contributed by atoms with Gasteiger partial charge in [-0.15, -0.1) is 0 Å². The van der Waals surface area contributed by atoms with E-state index in [1.165, 1.54) is 25.7 Å². The van der Waals surface area contributed by atoms with E-state index in [1.807, 2.05) is 18.2 Å². The first-order valence-electron chi connectivity index (χ1n) is 7.54. The number of halogens is 2. The smallest absolute Gasteiger partial charge is 0.0468 e. The highest BCUT2D eigenvalue weighted by Gasteiger charge is 2.19. The zero-order chi connectivity index (χ0) is 15.2. The van der Waals surface area contributed by atoms with Crippen molar-refractivity contribution in [3.8, 4) is 0 Å². The average Bonchev–Trinajstić information content (AvgIpc) is 2.36. The van der Waals surface area contributed by atoms with Crippen LogP contribution in [-0.4, -0.2) is 6.54 Å². The summed E-state index contributed by atoms with van der Waals surface area (Å²) in [6, 6.07) is 5.95. The van der Waals surface area contributed by atoms with Crippen molar-refractivity contribution in [1.82, 2.24) is 5.32 Å². The third-order valence-electron chi connectivity index (χ3n) is 3.77. The molecule has 20 heavy (non-hydrogen) atoms. The molecule has 0 bridgehead atoms. The van der Waals surface area contributed by atoms with Crippen LogP contribution in [0.25, 0.3) is 0 Å². The molecule has 1 aromatic carbocycles. The number of hydrogen-bond acceptors (Lipinski definition) is 1. The molecular weight excluding hydrogens is 289 g/mol. The molecule has 1 nitrogen and oxygen atoms in total. The summed E-state index contributed by atoms with van der Waals surface area (Å²) in [5.74, 6) is 0. The predicted molar refractivity (Wildman–Crippen MR) is 90.8 cm³/mol. The fraction of sp³-hybridized carbons (Fsp3) is 0.647. The van der Waals surface area contributed by atoms with Crippen LogP contribution in [-0.2, 0) is 0 Å². The Kier molecular flexibility index (Phi) is 7.36. The Balaban J connectivity index is 2.51. The van der Waals surface area contributed by atoms with Gasteiger partial charge in [-0.3, -0.25) is 0 Å². The summed E-state index contributed by atoms with van der Waals surface area (Å²) in [6.45, 7) is 10.0. The van der Waals surface area contributed by atoms with Crippen LogP contribution in [0.2, 0.25) is 10.0 Å². The number of rotatable bonds is 8. The van der Waals surface area contributed by atoms with E-state index in [4.69, 9.17) is 23.2 Å². The van der Waals surface area contributed by atoms with Crippen LogP contribution in [0.3, 0.4) is 0 Å². The molecule has 0 fully saturated rings. The van der Waals surface area contributed by atoms with E-state index in [1.54, 1.807) is 0 Å². The van der Waals surface area contributed by atoms with Crippen molar-refractivity contribution in [2.24, 2.45) is 5.41 Å². The summed E-state index contributed by atoms with van der Waals surface area (Å²) < 4.78 is 0. The number of unbranched alkanes of at least 4 members (excludes halogenated alkanes) is 2. The number of nitrogens with one attached hydrogen (secondary N) is 1. The largest absolute Gasteiger partial charge is 0.310 e. The van der Waals surface area contributed by atoms with Crippen molar-refractivity contribution in [2.45, 2.75) is 59.4 Å². The molecule has 3 heteroatoms. The lowest BCUT2D eigenvalue weighted by Crippen LogP contribution is -2.31. The normalized spacial score (nSPS) is 13.5. The summed E-state index contributed by atoms with van der Waals surface area (Å²) in [5, 5.41) is 5.02. The first kappa shape index (κ1) is 17.8. The molecule has 0 saturated heterocycles. The fourth-order valence-electron chi connectivity index (χ4n) is 2.33. The summed E-state index contributed by atoms with van der Waals surface area (Å²) in [5.41, 5.74) is 1.43. The van der Waals surface area contributed by atoms with Crippen LogP contribution in [0.15, 0.2) is 18.2 Å². The maximum Gasteiger partial charge on any atom is 0.0468 e. The highest BCUT2D eigenvalue weighted by molar-refractivity contribution is 6.35. The molecule has 0 aliphatic heterocycles. The minimum Gasteiger partial charge on any atom is -0.310 e. The highest BCUT2D eigenvalue weighted by atomic mass is 35.5. The van der Waals surface area contributed by atoms with Crippen LogP contribution in [0.1, 0.15) is 65.0 Å². The van der Waals surface area contributed by atoms with Crippen LogP contribution in [0.5, 0.6) is 0 Å². The number of benzene rings is 1. The quantitative estimate of drug-likeness (QED) is 0.559. The fourth-order valence-corrected chi connectivity index (χ4v) is 2.91. The van der Waals surface area contributed by atoms with E-state index in [9.17, 15) is 0 Å². The lowest BCUT2D eigenvalue weighted by atomic mass is 9.86. The van der Waals surface area contributed by atoms with Gasteiger partial charge in [0, 0.05) is 22.6 Å². The standard InChI is InChI=1S/C17H27Cl2N/c1-5-6-7-10-17(3,4)12-20-13(2)15-9-8-14(18)11-16(15)19/h8-9,11,13,20H,5-7,10,12H2,1-4H3. The molecule has 0 aliphatic rings. The molecule has 1 unspecified atom stereocenters. The summed E-state index contributed by atoms with van der Waals surface area (Å²) in [6.07, 6.45) is 5.17. The van der Waals surface area contributed by atoms with E-state index in [0.29, 0.717) is 10.4 Å². The second-order valence-corrected chi connectivity index (χ2v) is 7.23. The van der Waals surface area contributed by atoms with Gasteiger partial charge in [0.25, 0.3) is 0 Å². The zero-order valence-electron chi connectivity index (χ0n) is 13.1. The Morgan fingerprint density at radius 3 is 2.50 bits per heavy atom. The Hall–Kier alpha value is -0.240. The van der Waals surface area contributed by atoms with E-state index >= 15 is 0 Å². The Bertz CT molecular complexity index is 415. The summed E-state index contributed by atoms with van der Waals surface area (Å²) in [4.78, 5) is 0. The van der Waals surface area contributed by atoms with E-state index in [-0.39, 0.29) is 6.04 Å². The molecule has 0 aliphatic carbocycles. The highest BCUT2D eigenvalue weighted by Crippen LogP contribution is 2.28. The van der Waals surface area contributed by atoms with Crippen molar-refractivity contribution in [3.05, 3.63) is 33.8 Å². The van der Waals surface area contributed by atoms with Gasteiger partial charge in [-0.25, -0.2) is 0 Å². The first-order valence-corrected chi connectivity index (χ1v) is 8.29. The van der Waals surface area contributed by atoms with Gasteiger partial charge in [-0.1, -0.05) is 69.3 Å². The molecule has 0 aromatic heterocycles. The minimum absolute atomic E-state index is 0.241. The second kappa shape index (κ2) is 8.26. The Labute approximate surface area is 134 Å². The molecule has 1 atom stereocenters. The summed E-state index contributed by atoms with van der Waals surface area (Å²) in [7, 11) is 0. The molecule has 0 radical (unpaired) electrons. The molecule has 0 spiro atoms. The molecular formula is C17H27Cl2N. The average molecular weight is 316 g/mol. The SMILES string of the molecule is CCCCCC(C)(C)CNC(C)c1ccc(Cl)cc1Cl. The molecule has 1 aromatic rings. The van der Waals surface area contributed by atoms with Gasteiger partial charge in [0.05, 0.1) is 0 Å². The molecule has 0 amide bonds. The van der Waals surface area contributed by atoms with Crippen LogP contribution in [0.4, 0.5) is 0 Å². The first-order chi connectivity index (χ1) is 9.35. The van der Waals surface area contributed by atoms with Gasteiger partial charge < -0.3 is 5.32 Å². The van der Waals surface area contributed by atoms with Gasteiger partial charge in [0.2, 0.25) is 0 Å². The third kappa shape index (κ3) is 6.03. The minimum atomic E-state index is 0.241. The Morgan fingerprint density at radius 1 is 1.20 bits per heavy atom. The van der Waals surface area contributed by atoms with Crippen molar-refractivity contribution < 1.29 is 0 Å². The van der Waals surface area contributed by atoms with Crippen LogP contribution in [0, 0.1) is 5.41 Å². The maximum atomic E-state index is 6.25. The van der Waals surface area contributed by atoms with Crippen molar-refractivity contribution in [3.63, 3.8) is 0 Å². The summed E-state index contributed by atoms with van der Waals surface area (Å²) >= 11 is 12.2. The van der Waals surface area contributed by atoms with Crippen LogP contribution < -0.4 is 5.32 Å². The van der Waals surface area contributed by atoms with Gasteiger partial charge in [-0.05, 0) is 36.5 Å². The molecule has 0 heterocycles. The van der Waals surface area contributed by atoms with Crippen molar-refractivity contribution in [2.75, 3.05) is 6.54 Å². The lowest BCUT2D eigenvalue weighted by molar-refractivity contribution is 0.291. The second-order valence-electron chi connectivity index (χ2n) is 6.39. The van der Waals surface area contributed by atoms with Crippen LogP contribution >= 0.6 is 23.2 Å². The zero-order valence-corrected chi connectivity index (χ0v) is 14.6. The van der Waals surface area contributed by atoms with Crippen molar-refractivity contribution in [1.29, 1.82) is 0 Å². The van der Waals surface area contributed by atoms with Crippen molar-refractivity contribution >= 4 is 23.2 Å². The topological polar surface area (TPSA) is 12.0 Å². The van der Waals surface area contributed by atoms with Gasteiger partial charge in [0.15, 0.2) is 0 Å². The Morgan fingerprint density at radius 2 is 1.90 bits per heavy atom. The van der Waals surface area contributed by atoms with E-state index in [2.05, 4.69) is 33.0 Å². The predicted octanol–water partition coefficient (Wildman–Crippen LogP) is 6.25. The van der Waals surface area contributed by atoms with Gasteiger partial charge in [0.1, 0.15) is 0 Å². The molecule has 114 valence electrons. The van der Waals surface area contributed by atoms with Gasteiger partial charge >= 0.3 is 0 Å². The number of hydrogen-bond donors (Lipinski definition) is 1. The molecule has 0 saturated carbocycles. The van der Waals surface area contributed by atoms with Gasteiger partial charge in [-0.2, -0.15) is 0 Å². The van der Waals surface area contributed by atoms with E-state index < -0.39 is 0 Å². The molecule has 1 N–H and O–H groups in total. The lowest BCUT2D eigenvalue weighted by Gasteiger charge is -2.27. The maximum absolute atomic E-state index is 6.25.